The van der Waals surface area contributed by atoms with Gasteiger partial charge in [-0.2, -0.15) is 0 Å². The Labute approximate surface area is 116 Å². The predicted octanol–water partition coefficient (Wildman–Crippen LogP) is 1.70. The van der Waals surface area contributed by atoms with E-state index < -0.39 is 23.8 Å². The molecule has 0 amide bonds. The Bertz CT molecular complexity index is 453. The van der Waals surface area contributed by atoms with Crippen LogP contribution in [0.3, 0.4) is 0 Å². The molecule has 0 bridgehead atoms. The van der Waals surface area contributed by atoms with Crippen LogP contribution in [0, 0.1) is 0 Å². The summed E-state index contributed by atoms with van der Waals surface area (Å²) in [5.74, 6) is -0.285. The van der Waals surface area contributed by atoms with Crippen LogP contribution in [-0.4, -0.2) is 44.6 Å². The van der Waals surface area contributed by atoms with Gasteiger partial charge >= 0.3 is 0 Å². The predicted molar refractivity (Wildman–Crippen MR) is 78.6 cm³/mol. The van der Waals surface area contributed by atoms with Crippen LogP contribution < -0.4 is 0 Å². The Kier molecular flexibility index (Phi) is 8.89. The van der Waals surface area contributed by atoms with Crippen LogP contribution >= 0.6 is 12.2 Å². The molecule has 0 heterocycles. The molecule has 0 N–H and O–H groups in total. The van der Waals surface area contributed by atoms with Gasteiger partial charge in [-0.3, -0.25) is 0 Å². The number of isothiocyanates is 1. The molecule has 0 atom stereocenters. The van der Waals surface area contributed by atoms with Crippen LogP contribution in [0.2, 0.25) is 0 Å². The molecule has 18 heavy (non-hydrogen) atoms. The molecule has 0 aliphatic carbocycles. The first-order valence-electron chi connectivity index (χ1n) is 5.50. The summed E-state index contributed by atoms with van der Waals surface area (Å²) >= 11 is 4.14. The van der Waals surface area contributed by atoms with Gasteiger partial charge in [0.1, 0.15) is 0 Å². The molecular weight excluding hydrogens is 294 g/mol. The van der Waals surface area contributed by atoms with Gasteiger partial charge in [0.05, 0.1) is 5.16 Å². The van der Waals surface area contributed by atoms with Gasteiger partial charge in [-0.1, -0.05) is 20.8 Å². The Hall–Kier alpha value is -0.300. The maximum atomic E-state index is 11.7. The lowest BCUT2D eigenvalue weighted by atomic mass is 10.4. The first-order valence-corrected chi connectivity index (χ1v) is 9.21. The first-order chi connectivity index (χ1) is 8.10. The van der Waals surface area contributed by atoms with Gasteiger partial charge in [-0.05, 0) is 25.6 Å². The summed E-state index contributed by atoms with van der Waals surface area (Å²) in [6.07, 6.45) is 0.0966. The lowest BCUT2D eigenvalue weighted by molar-refractivity contribution is 0.543. The minimum Gasteiger partial charge on any atom is -0.236 e. The van der Waals surface area contributed by atoms with E-state index in [1.54, 1.807) is 14.0 Å². The highest BCUT2D eigenvalue weighted by Crippen LogP contribution is 2.29. The Morgan fingerprint density at radius 2 is 1.33 bits per heavy atom. The van der Waals surface area contributed by atoms with Crippen molar-refractivity contribution >= 4 is 37.1 Å². The van der Waals surface area contributed by atoms with Crippen LogP contribution in [0.15, 0.2) is 4.99 Å². The van der Waals surface area contributed by atoms with Gasteiger partial charge in [-0.25, -0.2) is 21.8 Å². The third-order valence-corrected chi connectivity index (χ3v) is 9.24. The molecule has 0 aromatic rings. The first kappa shape index (κ1) is 20.0. The van der Waals surface area contributed by atoms with E-state index >= 15 is 0 Å². The zero-order chi connectivity index (χ0) is 15.0. The molecule has 0 fully saturated rings. The van der Waals surface area contributed by atoms with Gasteiger partial charge in [0.2, 0.25) is 0 Å². The van der Waals surface area contributed by atoms with E-state index in [0.717, 1.165) is 0 Å². The quantitative estimate of drug-likeness (QED) is 0.570. The van der Waals surface area contributed by atoms with E-state index in [4.69, 9.17) is 0 Å². The van der Waals surface area contributed by atoms with Crippen molar-refractivity contribution in [2.24, 2.45) is 4.99 Å². The summed E-state index contributed by atoms with van der Waals surface area (Å²) in [7, 11) is -5.54. The fourth-order valence-corrected chi connectivity index (χ4v) is 5.60. The molecule has 0 rings (SSSR count). The molecule has 0 spiro atoms. The van der Waals surface area contributed by atoms with Crippen molar-refractivity contribution in [2.75, 3.05) is 18.6 Å². The van der Waals surface area contributed by atoms with Crippen molar-refractivity contribution in [3.05, 3.63) is 0 Å². The van der Waals surface area contributed by atoms with Crippen molar-refractivity contribution in [3.63, 3.8) is 0 Å². The second kappa shape index (κ2) is 7.99. The summed E-state index contributed by atoms with van der Waals surface area (Å²) in [5, 5.41) is 2.14. The van der Waals surface area contributed by atoms with Crippen LogP contribution in [0.1, 0.15) is 34.1 Å². The fourth-order valence-electron chi connectivity index (χ4n) is 1.24. The van der Waals surface area contributed by atoms with Crippen molar-refractivity contribution in [1.29, 1.82) is 0 Å². The number of sulfone groups is 2. The number of rotatable bonds is 5. The standard InChI is InChI=1S/C8H18O4S2.C2H3NS/c1-5-8(4,13(9,10)6-2)14(11,12)7-3;1-3-2-4/h5-7H2,1-4H3;1H3. The normalized spacial score (nSPS) is 12.1. The van der Waals surface area contributed by atoms with Gasteiger partial charge in [0.15, 0.2) is 23.8 Å². The molecule has 0 radical (unpaired) electrons. The fraction of sp³-hybridized carbons (Fsp3) is 0.900. The monoisotopic (exact) mass is 315 g/mol. The van der Waals surface area contributed by atoms with E-state index in [1.165, 1.54) is 20.8 Å². The van der Waals surface area contributed by atoms with E-state index in [-0.39, 0.29) is 17.9 Å². The molecule has 0 aromatic heterocycles. The molecule has 108 valence electrons. The largest absolute Gasteiger partial charge is 0.236 e. The molecule has 0 unspecified atom stereocenters. The third-order valence-electron chi connectivity index (χ3n) is 2.81. The number of nitrogens with zero attached hydrogens (tertiary/aromatic N) is 1. The summed E-state index contributed by atoms with van der Waals surface area (Å²) in [4.78, 5) is 3.30. The highest BCUT2D eigenvalue weighted by molar-refractivity contribution is 8.10. The van der Waals surface area contributed by atoms with Gasteiger partial charge in [0, 0.05) is 18.6 Å². The van der Waals surface area contributed by atoms with Gasteiger partial charge in [0.25, 0.3) is 0 Å². The van der Waals surface area contributed by atoms with Crippen molar-refractivity contribution < 1.29 is 16.8 Å². The zero-order valence-corrected chi connectivity index (χ0v) is 13.9. The topological polar surface area (TPSA) is 80.6 Å². The Morgan fingerprint density at radius 1 is 1.06 bits per heavy atom. The second-order valence-corrected chi connectivity index (χ2v) is 9.47. The lowest BCUT2D eigenvalue weighted by Crippen LogP contribution is -2.44. The maximum absolute atomic E-state index is 11.7. The SMILES string of the molecule is CCC(C)(S(=O)(=O)CC)S(=O)(=O)CC.CN=C=S. The molecular formula is C10H21NO4S3. The highest BCUT2D eigenvalue weighted by atomic mass is 32.3. The summed E-state index contributed by atoms with van der Waals surface area (Å²) in [5.41, 5.74) is 0. The molecule has 0 saturated heterocycles. The third kappa shape index (κ3) is 4.42. The van der Waals surface area contributed by atoms with E-state index in [9.17, 15) is 16.8 Å². The van der Waals surface area contributed by atoms with E-state index in [1.807, 2.05) is 0 Å². The summed E-state index contributed by atoms with van der Waals surface area (Å²) in [6.45, 7) is 5.81. The number of hydrogen-bond donors (Lipinski definition) is 0. The number of aliphatic imine (C=N–C) groups is 1. The average Bonchev–Trinajstić information content (AvgIpc) is 2.37. The Balaban J connectivity index is 0. The van der Waals surface area contributed by atoms with E-state index in [0.29, 0.717) is 0 Å². The average molecular weight is 315 g/mol. The molecule has 5 nitrogen and oxygen atoms in total. The maximum Gasteiger partial charge on any atom is 0.170 e. The molecule has 8 heteroatoms. The summed E-state index contributed by atoms with van der Waals surface area (Å²) in [6, 6.07) is 0. The van der Waals surface area contributed by atoms with Crippen LogP contribution in [0.5, 0.6) is 0 Å². The van der Waals surface area contributed by atoms with Gasteiger partial charge < -0.3 is 0 Å². The lowest BCUT2D eigenvalue weighted by Gasteiger charge is -2.26. The van der Waals surface area contributed by atoms with Gasteiger partial charge in [-0.15, -0.1) is 0 Å². The van der Waals surface area contributed by atoms with Crippen molar-refractivity contribution in [1.82, 2.24) is 0 Å². The number of hydrogen-bond acceptors (Lipinski definition) is 6. The van der Waals surface area contributed by atoms with Crippen molar-refractivity contribution in [2.45, 2.75) is 38.2 Å². The smallest absolute Gasteiger partial charge is 0.170 e. The molecule has 0 saturated carbocycles. The molecule has 0 aliphatic rings. The highest BCUT2D eigenvalue weighted by Gasteiger charge is 2.47. The molecule has 0 aliphatic heterocycles. The minimum absolute atomic E-state index is 0.0966. The second-order valence-electron chi connectivity index (χ2n) is 3.61. The minimum atomic E-state index is -3.57. The zero-order valence-electron chi connectivity index (χ0n) is 11.4. The van der Waals surface area contributed by atoms with Crippen LogP contribution in [-0.2, 0) is 19.7 Å². The van der Waals surface area contributed by atoms with Crippen LogP contribution in [0.25, 0.3) is 0 Å². The molecule has 0 aromatic carbocycles. The summed E-state index contributed by atoms with van der Waals surface area (Å²) < 4.78 is 45.1. The Morgan fingerprint density at radius 3 is 1.44 bits per heavy atom. The van der Waals surface area contributed by atoms with Crippen molar-refractivity contribution in [3.8, 4) is 0 Å². The van der Waals surface area contributed by atoms with E-state index in [2.05, 4.69) is 22.4 Å². The van der Waals surface area contributed by atoms with Crippen LogP contribution in [0.4, 0.5) is 0 Å². The number of thiocarbonyl (C=S) groups is 1.